The van der Waals surface area contributed by atoms with Gasteiger partial charge in [0.1, 0.15) is 4.60 Å². The van der Waals surface area contributed by atoms with Crippen LogP contribution in [0.25, 0.3) is 10.9 Å². The molecule has 3 heteroatoms. The van der Waals surface area contributed by atoms with Gasteiger partial charge in [-0.1, -0.05) is 29.8 Å². The summed E-state index contributed by atoms with van der Waals surface area (Å²) in [7, 11) is 0. The number of hydrogen-bond acceptors (Lipinski definition) is 1. The third-order valence-electron chi connectivity index (χ3n) is 1.64. The Labute approximate surface area is 83.5 Å². The lowest BCUT2D eigenvalue weighted by atomic mass is 10.2. The van der Waals surface area contributed by atoms with E-state index in [-0.39, 0.29) is 0 Å². The molecular weight excluding hydrogens is 237 g/mol. The second-order valence-electron chi connectivity index (χ2n) is 2.45. The van der Waals surface area contributed by atoms with E-state index < -0.39 is 0 Å². The zero-order chi connectivity index (χ0) is 8.55. The van der Waals surface area contributed by atoms with E-state index in [4.69, 9.17) is 11.6 Å². The average molecular weight is 243 g/mol. The highest BCUT2D eigenvalue weighted by atomic mass is 79.9. The van der Waals surface area contributed by atoms with Gasteiger partial charge in [0.15, 0.2) is 0 Å². The van der Waals surface area contributed by atoms with Crippen molar-refractivity contribution in [3.8, 4) is 0 Å². The minimum Gasteiger partial charge on any atom is -0.239 e. The number of para-hydroxylation sites is 1. The Kier molecular flexibility index (Phi) is 2.03. The van der Waals surface area contributed by atoms with Crippen LogP contribution in [0.2, 0.25) is 5.02 Å². The highest BCUT2D eigenvalue weighted by Gasteiger charge is 1.99. The van der Waals surface area contributed by atoms with Crippen molar-refractivity contribution in [2.24, 2.45) is 0 Å². The summed E-state index contributed by atoms with van der Waals surface area (Å²) in [5, 5.41) is 1.75. The van der Waals surface area contributed by atoms with Gasteiger partial charge >= 0.3 is 0 Å². The van der Waals surface area contributed by atoms with Gasteiger partial charge in [-0.25, -0.2) is 4.98 Å². The van der Waals surface area contributed by atoms with Gasteiger partial charge < -0.3 is 0 Å². The largest absolute Gasteiger partial charge is 0.239 e. The van der Waals surface area contributed by atoms with Gasteiger partial charge in [-0.15, -0.1) is 0 Å². The summed E-state index contributed by atoms with van der Waals surface area (Å²) < 4.78 is 0.808. The first kappa shape index (κ1) is 8.02. The van der Waals surface area contributed by atoms with E-state index in [1.807, 2.05) is 30.3 Å². The third-order valence-corrected chi connectivity index (χ3v) is 2.38. The number of benzene rings is 1. The maximum Gasteiger partial charge on any atom is 0.106 e. The molecule has 0 aliphatic rings. The van der Waals surface area contributed by atoms with Crippen LogP contribution in [0.15, 0.2) is 34.9 Å². The van der Waals surface area contributed by atoms with Crippen molar-refractivity contribution in [2.75, 3.05) is 0 Å². The second kappa shape index (κ2) is 3.04. The molecule has 0 saturated carbocycles. The van der Waals surface area contributed by atoms with Crippen molar-refractivity contribution in [1.82, 2.24) is 4.98 Å². The summed E-state index contributed by atoms with van der Waals surface area (Å²) in [6, 6.07) is 9.63. The predicted molar refractivity (Wildman–Crippen MR) is 54.5 cm³/mol. The quantitative estimate of drug-likeness (QED) is 0.643. The number of halogens is 2. The van der Waals surface area contributed by atoms with Crippen LogP contribution in [-0.4, -0.2) is 4.98 Å². The number of pyridine rings is 1. The van der Waals surface area contributed by atoms with Crippen molar-refractivity contribution in [3.05, 3.63) is 40.0 Å². The molecule has 1 nitrogen and oxygen atoms in total. The van der Waals surface area contributed by atoms with Crippen LogP contribution in [0.1, 0.15) is 0 Å². The Bertz CT molecular complexity index is 428. The Morgan fingerprint density at radius 3 is 2.83 bits per heavy atom. The van der Waals surface area contributed by atoms with E-state index in [1.54, 1.807) is 0 Å². The molecule has 0 saturated heterocycles. The van der Waals surface area contributed by atoms with E-state index >= 15 is 0 Å². The third kappa shape index (κ3) is 1.32. The van der Waals surface area contributed by atoms with Gasteiger partial charge in [0, 0.05) is 5.39 Å². The molecule has 0 N–H and O–H groups in total. The SMILES string of the molecule is Clc1cccc2ccc(Br)nc12. The predicted octanol–water partition coefficient (Wildman–Crippen LogP) is 3.65. The van der Waals surface area contributed by atoms with Gasteiger partial charge in [-0.05, 0) is 28.1 Å². The number of rotatable bonds is 0. The van der Waals surface area contributed by atoms with E-state index in [0.717, 1.165) is 15.5 Å². The molecule has 0 radical (unpaired) electrons. The van der Waals surface area contributed by atoms with Crippen LogP contribution in [0.4, 0.5) is 0 Å². The lowest BCUT2D eigenvalue weighted by molar-refractivity contribution is 1.35. The molecule has 0 atom stereocenters. The zero-order valence-electron chi connectivity index (χ0n) is 6.09. The van der Waals surface area contributed by atoms with Crippen LogP contribution in [0, 0.1) is 0 Å². The minimum atomic E-state index is 0.689. The van der Waals surface area contributed by atoms with Crippen molar-refractivity contribution in [3.63, 3.8) is 0 Å². The lowest BCUT2D eigenvalue weighted by Crippen LogP contribution is -1.79. The van der Waals surface area contributed by atoms with Crippen molar-refractivity contribution >= 4 is 38.4 Å². The van der Waals surface area contributed by atoms with Crippen LogP contribution in [0.3, 0.4) is 0 Å². The van der Waals surface area contributed by atoms with Crippen LogP contribution < -0.4 is 0 Å². The number of aromatic nitrogens is 1. The first-order chi connectivity index (χ1) is 5.77. The van der Waals surface area contributed by atoms with Crippen LogP contribution >= 0.6 is 27.5 Å². The molecule has 0 fully saturated rings. The average Bonchev–Trinajstić information content (AvgIpc) is 2.07. The molecule has 60 valence electrons. The van der Waals surface area contributed by atoms with Crippen molar-refractivity contribution in [1.29, 1.82) is 0 Å². The van der Waals surface area contributed by atoms with E-state index in [9.17, 15) is 0 Å². The minimum absolute atomic E-state index is 0.689. The summed E-state index contributed by atoms with van der Waals surface area (Å²) in [5.41, 5.74) is 0.841. The first-order valence-corrected chi connectivity index (χ1v) is 4.65. The lowest BCUT2D eigenvalue weighted by Gasteiger charge is -1.98. The number of nitrogens with zero attached hydrogens (tertiary/aromatic N) is 1. The molecule has 2 aromatic rings. The fourth-order valence-corrected chi connectivity index (χ4v) is 1.62. The van der Waals surface area contributed by atoms with E-state index in [0.29, 0.717) is 5.02 Å². The van der Waals surface area contributed by atoms with Gasteiger partial charge in [-0.3, -0.25) is 0 Å². The monoisotopic (exact) mass is 241 g/mol. The number of hydrogen-bond donors (Lipinski definition) is 0. The molecule has 1 aromatic heterocycles. The Balaban J connectivity index is 2.88. The second-order valence-corrected chi connectivity index (χ2v) is 3.67. The summed E-state index contributed by atoms with van der Waals surface area (Å²) in [5.74, 6) is 0. The zero-order valence-corrected chi connectivity index (χ0v) is 8.43. The molecule has 1 aromatic carbocycles. The van der Waals surface area contributed by atoms with E-state index in [1.165, 1.54) is 0 Å². The highest BCUT2D eigenvalue weighted by molar-refractivity contribution is 9.10. The normalized spacial score (nSPS) is 10.5. The Morgan fingerprint density at radius 2 is 2.00 bits per heavy atom. The van der Waals surface area contributed by atoms with Gasteiger partial charge in [0.2, 0.25) is 0 Å². The van der Waals surface area contributed by atoms with Gasteiger partial charge in [0.25, 0.3) is 0 Å². The summed E-state index contributed by atoms with van der Waals surface area (Å²) >= 11 is 9.24. The standard InChI is InChI=1S/C9H5BrClN/c10-8-5-4-6-2-1-3-7(11)9(6)12-8/h1-5H. The van der Waals surface area contributed by atoms with Crippen molar-refractivity contribution < 1.29 is 0 Å². The molecule has 0 aliphatic heterocycles. The Hall–Kier alpha value is -0.600. The fraction of sp³-hybridized carbons (Fsp3) is 0. The molecular formula is C9H5BrClN. The van der Waals surface area contributed by atoms with Crippen LogP contribution in [0.5, 0.6) is 0 Å². The molecule has 0 amide bonds. The highest BCUT2D eigenvalue weighted by Crippen LogP contribution is 2.22. The molecule has 0 unspecified atom stereocenters. The maximum absolute atomic E-state index is 5.95. The molecule has 0 aliphatic carbocycles. The summed E-state index contributed by atoms with van der Waals surface area (Å²) in [6.07, 6.45) is 0. The van der Waals surface area contributed by atoms with Gasteiger partial charge in [-0.2, -0.15) is 0 Å². The van der Waals surface area contributed by atoms with Crippen LogP contribution in [-0.2, 0) is 0 Å². The summed E-state index contributed by atoms with van der Waals surface area (Å²) in [4.78, 5) is 4.26. The topological polar surface area (TPSA) is 12.9 Å². The smallest absolute Gasteiger partial charge is 0.106 e. The molecule has 0 spiro atoms. The number of fused-ring (bicyclic) bond motifs is 1. The maximum atomic E-state index is 5.95. The molecule has 12 heavy (non-hydrogen) atoms. The first-order valence-electron chi connectivity index (χ1n) is 3.48. The summed E-state index contributed by atoms with van der Waals surface area (Å²) in [6.45, 7) is 0. The Morgan fingerprint density at radius 1 is 1.17 bits per heavy atom. The van der Waals surface area contributed by atoms with Gasteiger partial charge in [0.05, 0.1) is 10.5 Å². The van der Waals surface area contributed by atoms with E-state index in [2.05, 4.69) is 20.9 Å². The van der Waals surface area contributed by atoms with Crippen molar-refractivity contribution in [2.45, 2.75) is 0 Å². The molecule has 1 heterocycles. The fourth-order valence-electron chi connectivity index (χ4n) is 1.09. The molecule has 0 bridgehead atoms. The molecule has 2 rings (SSSR count).